The second-order valence-electron chi connectivity index (χ2n) is 4.29. The van der Waals surface area contributed by atoms with Gasteiger partial charge in [0.15, 0.2) is 0 Å². The molecule has 4 heteroatoms. The first-order chi connectivity index (χ1) is 9.22. The van der Waals surface area contributed by atoms with E-state index in [4.69, 9.17) is 9.26 Å². The summed E-state index contributed by atoms with van der Waals surface area (Å²) in [5, 5.41) is 2.08. The fourth-order valence-corrected chi connectivity index (χ4v) is 2.26. The van der Waals surface area contributed by atoms with Gasteiger partial charge in [0, 0.05) is 12.6 Å². The van der Waals surface area contributed by atoms with Crippen molar-refractivity contribution >= 4 is 10.8 Å². The Labute approximate surface area is 109 Å². The average molecular weight is 255 g/mol. The lowest BCUT2D eigenvalue weighted by Gasteiger charge is -2.04. The highest BCUT2D eigenvalue weighted by Crippen LogP contribution is 2.32. The summed E-state index contributed by atoms with van der Waals surface area (Å²) in [6.07, 6.45) is 0. The van der Waals surface area contributed by atoms with E-state index in [9.17, 15) is 4.79 Å². The molecule has 0 bridgehead atoms. The third-order valence-corrected chi connectivity index (χ3v) is 3.17. The Morgan fingerprint density at radius 1 is 1.11 bits per heavy atom. The lowest BCUT2D eigenvalue weighted by Crippen LogP contribution is -2.11. The van der Waals surface area contributed by atoms with Crippen molar-refractivity contribution in [3.63, 3.8) is 0 Å². The second kappa shape index (κ2) is 4.31. The molecule has 19 heavy (non-hydrogen) atoms. The molecular formula is C15H13NO3. The van der Waals surface area contributed by atoms with Gasteiger partial charge in [0.2, 0.25) is 0 Å². The van der Waals surface area contributed by atoms with Crippen molar-refractivity contribution in [1.82, 2.24) is 4.74 Å². The zero-order valence-corrected chi connectivity index (χ0v) is 10.7. The summed E-state index contributed by atoms with van der Waals surface area (Å²) in [5.41, 5.74) is 1.08. The van der Waals surface area contributed by atoms with Gasteiger partial charge in [-0.2, -0.15) is 4.74 Å². The molecule has 0 saturated carbocycles. The predicted molar refractivity (Wildman–Crippen MR) is 73.4 cm³/mol. The number of nitrogens with zero attached hydrogens (tertiary/aromatic N) is 1. The van der Waals surface area contributed by atoms with E-state index >= 15 is 0 Å². The Balaban J connectivity index is 2.40. The third kappa shape index (κ3) is 1.73. The quantitative estimate of drug-likeness (QED) is 0.707. The minimum absolute atomic E-state index is 0.201. The third-order valence-electron chi connectivity index (χ3n) is 3.17. The van der Waals surface area contributed by atoms with Crippen LogP contribution in [-0.2, 0) is 7.05 Å². The van der Waals surface area contributed by atoms with Crippen molar-refractivity contribution in [3.8, 4) is 17.1 Å². The number of benzene rings is 2. The molecule has 3 aromatic rings. The van der Waals surface area contributed by atoms with Gasteiger partial charge in [0.05, 0.1) is 7.11 Å². The molecule has 0 fully saturated rings. The molecule has 0 amide bonds. The van der Waals surface area contributed by atoms with Gasteiger partial charge < -0.3 is 9.26 Å². The van der Waals surface area contributed by atoms with E-state index in [2.05, 4.69) is 0 Å². The molecule has 2 aromatic carbocycles. The highest BCUT2D eigenvalue weighted by atomic mass is 16.6. The van der Waals surface area contributed by atoms with Crippen LogP contribution >= 0.6 is 0 Å². The van der Waals surface area contributed by atoms with Crippen LogP contribution in [-0.4, -0.2) is 11.8 Å². The van der Waals surface area contributed by atoms with Crippen LogP contribution in [0.15, 0.2) is 51.8 Å². The van der Waals surface area contributed by atoms with E-state index in [1.807, 2.05) is 42.5 Å². The van der Waals surface area contributed by atoms with E-state index in [0.29, 0.717) is 5.56 Å². The molecule has 0 atom stereocenters. The monoisotopic (exact) mass is 255 g/mol. The Kier molecular flexibility index (Phi) is 2.63. The van der Waals surface area contributed by atoms with Gasteiger partial charge in [-0.25, -0.2) is 0 Å². The van der Waals surface area contributed by atoms with Crippen LogP contribution < -0.4 is 10.3 Å². The van der Waals surface area contributed by atoms with Crippen LogP contribution in [0.1, 0.15) is 0 Å². The zero-order valence-electron chi connectivity index (χ0n) is 10.7. The smallest absolute Gasteiger partial charge is 0.320 e. The standard InChI is InChI=1S/C15H13NO3/c1-16-14(17)13(15(18-2)19-16)12-9-5-7-10-6-3-4-8-11(10)12/h3-9H,1-2H3. The summed E-state index contributed by atoms with van der Waals surface area (Å²) in [7, 11) is 3.06. The zero-order chi connectivity index (χ0) is 13.4. The lowest BCUT2D eigenvalue weighted by atomic mass is 10.0. The summed E-state index contributed by atoms with van der Waals surface area (Å²) in [4.78, 5) is 12.2. The Morgan fingerprint density at radius 3 is 2.63 bits per heavy atom. The molecular weight excluding hydrogens is 242 g/mol. The minimum Gasteiger partial charge on any atom is -0.467 e. The van der Waals surface area contributed by atoms with Crippen LogP contribution in [0.3, 0.4) is 0 Å². The molecule has 0 saturated heterocycles. The summed E-state index contributed by atoms with van der Waals surface area (Å²) in [6, 6.07) is 13.7. The topological polar surface area (TPSA) is 44.4 Å². The van der Waals surface area contributed by atoms with Crippen molar-refractivity contribution in [2.75, 3.05) is 7.11 Å². The molecule has 4 nitrogen and oxygen atoms in total. The van der Waals surface area contributed by atoms with Gasteiger partial charge in [-0.1, -0.05) is 42.5 Å². The SMILES string of the molecule is COc1on(C)c(=O)c1-c1cccc2ccccc12. The highest BCUT2D eigenvalue weighted by Gasteiger charge is 2.19. The van der Waals surface area contributed by atoms with Gasteiger partial charge in [-0.05, 0) is 10.8 Å². The fraction of sp³-hybridized carbons (Fsp3) is 0.133. The number of hydrogen-bond acceptors (Lipinski definition) is 3. The molecule has 0 N–H and O–H groups in total. The normalized spacial score (nSPS) is 10.8. The number of ether oxygens (including phenoxy) is 1. The molecule has 96 valence electrons. The summed E-state index contributed by atoms with van der Waals surface area (Å²) < 4.78 is 11.6. The Morgan fingerprint density at radius 2 is 1.84 bits per heavy atom. The van der Waals surface area contributed by atoms with Crippen LogP contribution in [0.5, 0.6) is 5.95 Å². The number of methoxy groups -OCH3 is 1. The van der Waals surface area contributed by atoms with Crippen molar-refractivity contribution in [2.45, 2.75) is 0 Å². The predicted octanol–water partition coefficient (Wildman–Crippen LogP) is 2.81. The van der Waals surface area contributed by atoms with Crippen molar-refractivity contribution in [2.24, 2.45) is 7.05 Å². The van der Waals surface area contributed by atoms with Gasteiger partial charge in [-0.3, -0.25) is 4.79 Å². The summed E-state index contributed by atoms with van der Waals surface area (Å²) in [5.74, 6) is 0.240. The van der Waals surface area contributed by atoms with Crippen LogP contribution in [0, 0.1) is 0 Å². The summed E-state index contributed by atoms with van der Waals surface area (Å²) in [6.45, 7) is 0. The molecule has 1 aromatic heterocycles. The van der Waals surface area contributed by atoms with Crippen molar-refractivity contribution in [1.29, 1.82) is 0 Å². The lowest BCUT2D eigenvalue weighted by molar-refractivity contribution is 0.208. The molecule has 0 unspecified atom stereocenters. The van der Waals surface area contributed by atoms with Gasteiger partial charge >= 0.3 is 5.95 Å². The molecule has 0 radical (unpaired) electrons. The van der Waals surface area contributed by atoms with Crippen LogP contribution in [0.25, 0.3) is 21.9 Å². The minimum atomic E-state index is -0.201. The maximum atomic E-state index is 12.2. The van der Waals surface area contributed by atoms with Gasteiger partial charge in [-0.15, -0.1) is 0 Å². The van der Waals surface area contributed by atoms with E-state index in [0.717, 1.165) is 16.3 Å². The Hall–Kier alpha value is -2.49. The second-order valence-corrected chi connectivity index (χ2v) is 4.29. The number of hydrogen-bond donors (Lipinski definition) is 0. The molecule has 0 aliphatic rings. The number of rotatable bonds is 2. The van der Waals surface area contributed by atoms with Gasteiger partial charge in [0.25, 0.3) is 5.56 Å². The maximum absolute atomic E-state index is 12.2. The fourth-order valence-electron chi connectivity index (χ4n) is 2.26. The van der Waals surface area contributed by atoms with Gasteiger partial charge in [0.1, 0.15) is 5.56 Å². The van der Waals surface area contributed by atoms with E-state index in [1.54, 1.807) is 7.05 Å². The number of fused-ring (bicyclic) bond motifs is 1. The highest BCUT2D eigenvalue weighted by molar-refractivity contribution is 5.97. The molecule has 1 heterocycles. The van der Waals surface area contributed by atoms with E-state index < -0.39 is 0 Å². The van der Waals surface area contributed by atoms with Crippen molar-refractivity contribution < 1.29 is 9.26 Å². The first-order valence-corrected chi connectivity index (χ1v) is 5.95. The first kappa shape index (κ1) is 11.6. The molecule has 3 rings (SSSR count). The maximum Gasteiger partial charge on any atom is 0.320 e. The van der Waals surface area contributed by atoms with Crippen LogP contribution in [0.2, 0.25) is 0 Å². The van der Waals surface area contributed by atoms with Crippen LogP contribution in [0.4, 0.5) is 0 Å². The molecule has 0 aliphatic heterocycles. The largest absolute Gasteiger partial charge is 0.467 e. The average Bonchev–Trinajstić information content (AvgIpc) is 2.74. The number of aromatic nitrogens is 1. The molecule has 0 aliphatic carbocycles. The number of aryl methyl sites for hydroxylation is 1. The van der Waals surface area contributed by atoms with E-state index in [-0.39, 0.29) is 11.5 Å². The summed E-state index contributed by atoms with van der Waals surface area (Å²) >= 11 is 0. The molecule has 0 spiro atoms. The first-order valence-electron chi connectivity index (χ1n) is 5.95. The van der Waals surface area contributed by atoms with E-state index in [1.165, 1.54) is 11.8 Å². The van der Waals surface area contributed by atoms with Crippen molar-refractivity contribution in [3.05, 3.63) is 52.8 Å². The Bertz CT molecular complexity index is 793.